The van der Waals surface area contributed by atoms with Crippen LogP contribution in [-0.2, 0) is 9.59 Å². The average Bonchev–Trinajstić information content (AvgIpc) is 3.12. The zero-order valence-electron chi connectivity index (χ0n) is 16.5. The zero-order valence-corrected chi connectivity index (χ0v) is 18.1. The first-order chi connectivity index (χ1) is 14.5. The molecule has 3 aromatic rings. The van der Waals surface area contributed by atoms with Gasteiger partial charge in [-0.1, -0.05) is 28.1 Å². The van der Waals surface area contributed by atoms with Crippen LogP contribution in [0.1, 0.15) is 12.0 Å². The van der Waals surface area contributed by atoms with Crippen LogP contribution in [0.4, 0.5) is 11.4 Å². The van der Waals surface area contributed by atoms with E-state index in [1.807, 2.05) is 67.6 Å². The van der Waals surface area contributed by atoms with Gasteiger partial charge in [0.25, 0.3) is 0 Å². The van der Waals surface area contributed by atoms with Crippen molar-refractivity contribution < 1.29 is 14.3 Å². The number of nitrogens with zero attached hydrogens (tertiary/aromatic N) is 1. The number of amides is 2. The summed E-state index contributed by atoms with van der Waals surface area (Å²) in [5.74, 6) is 0.874. The standard InChI is InChI=1S/C24H21BrN2O3/c1-16-3-2-4-22(13-16)30-21-11-7-19(8-12-21)26-24(29)17-14-23(28)27(15-17)20-9-5-18(25)6-10-20/h2-13,17H,14-15H2,1H3,(H,26,29)/t17-/m1/s1. The SMILES string of the molecule is Cc1cccc(Oc2ccc(NC(=O)[C@@H]3CC(=O)N(c4ccc(Br)cc4)C3)cc2)c1. The van der Waals surface area contributed by atoms with Gasteiger partial charge in [0, 0.05) is 28.8 Å². The monoisotopic (exact) mass is 464 g/mol. The van der Waals surface area contributed by atoms with E-state index in [0.29, 0.717) is 18.0 Å². The van der Waals surface area contributed by atoms with E-state index in [-0.39, 0.29) is 24.2 Å². The minimum atomic E-state index is -0.385. The van der Waals surface area contributed by atoms with Crippen LogP contribution in [0.15, 0.2) is 77.3 Å². The van der Waals surface area contributed by atoms with Crippen LogP contribution in [0.25, 0.3) is 0 Å². The minimum absolute atomic E-state index is 0.0422. The summed E-state index contributed by atoms with van der Waals surface area (Å²) < 4.78 is 6.78. The summed E-state index contributed by atoms with van der Waals surface area (Å²) in [6.45, 7) is 2.39. The number of halogens is 1. The second kappa shape index (κ2) is 8.71. The molecule has 0 radical (unpaired) electrons. The lowest BCUT2D eigenvalue weighted by molar-refractivity contribution is -0.122. The van der Waals surface area contributed by atoms with Gasteiger partial charge in [0.15, 0.2) is 0 Å². The lowest BCUT2D eigenvalue weighted by atomic mass is 10.1. The van der Waals surface area contributed by atoms with Crippen molar-refractivity contribution in [3.05, 3.63) is 82.8 Å². The summed E-state index contributed by atoms with van der Waals surface area (Å²) in [5.41, 5.74) is 2.60. The predicted octanol–water partition coefficient (Wildman–Crippen LogP) is 5.54. The van der Waals surface area contributed by atoms with Gasteiger partial charge in [-0.3, -0.25) is 9.59 Å². The van der Waals surface area contributed by atoms with Gasteiger partial charge in [0.1, 0.15) is 11.5 Å². The number of carbonyl (C=O) groups is 2. The quantitative estimate of drug-likeness (QED) is 0.538. The maximum atomic E-state index is 12.7. The second-order valence-electron chi connectivity index (χ2n) is 7.31. The van der Waals surface area contributed by atoms with Gasteiger partial charge in [0.2, 0.25) is 11.8 Å². The molecule has 0 bridgehead atoms. The number of aryl methyl sites for hydroxylation is 1. The van der Waals surface area contributed by atoms with Crippen LogP contribution in [0.2, 0.25) is 0 Å². The number of nitrogens with one attached hydrogen (secondary N) is 1. The minimum Gasteiger partial charge on any atom is -0.457 e. The molecule has 0 saturated carbocycles. The Bertz CT molecular complexity index is 1060. The van der Waals surface area contributed by atoms with Crippen LogP contribution >= 0.6 is 15.9 Å². The van der Waals surface area contributed by atoms with E-state index in [9.17, 15) is 9.59 Å². The highest BCUT2D eigenvalue weighted by atomic mass is 79.9. The molecule has 1 saturated heterocycles. The third-order valence-corrected chi connectivity index (χ3v) is 5.51. The molecule has 1 aliphatic heterocycles. The molecule has 5 nitrogen and oxygen atoms in total. The molecule has 0 unspecified atom stereocenters. The van der Waals surface area contributed by atoms with E-state index < -0.39 is 0 Å². The van der Waals surface area contributed by atoms with Crippen LogP contribution in [-0.4, -0.2) is 18.4 Å². The summed E-state index contributed by atoms with van der Waals surface area (Å²) in [7, 11) is 0. The van der Waals surface area contributed by atoms with Crippen molar-refractivity contribution in [1.29, 1.82) is 0 Å². The maximum Gasteiger partial charge on any atom is 0.229 e. The Labute approximate surface area is 183 Å². The van der Waals surface area contributed by atoms with Crippen LogP contribution in [0, 0.1) is 12.8 Å². The van der Waals surface area contributed by atoms with Crippen molar-refractivity contribution in [2.75, 3.05) is 16.8 Å². The highest BCUT2D eigenvalue weighted by Crippen LogP contribution is 2.28. The normalized spacial score (nSPS) is 15.9. The number of ether oxygens (including phenoxy) is 1. The summed E-state index contributed by atoms with van der Waals surface area (Å²) in [4.78, 5) is 26.7. The van der Waals surface area contributed by atoms with Crippen molar-refractivity contribution in [2.45, 2.75) is 13.3 Å². The smallest absolute Gasteiger partial charge is 0.229 e. The third-order valence-electron chi connectivity index (χ3n) is 4.98. The lowest BCUT2D eigenvalue weighted by Gasteiger charge is -2.17. The molecule has 1 aliphatic rings. The van der Waals surface area contributed by atoms with Crippen molar-refractivity contribution in [1.82, 2.24) is 0 Å². The zero-order chi connectivity index (χ0) is 21.1. The van der Waals surface area contributed by atoms with Gasteiger partial charge in [-0.05, 0) is 73.2 Å². The summed E-state index contributed by atoms with van der Waals surface area (Å²) in [5, 5.41) is 2.90. The highest BCUT2D eigenvalue weighted by molar-refractivity contribution is 9.10. The van der Waals surface area contributed by atoms with Crippen molar-refractivity contribution in [3.8, 4) is 11.5 Å². The molecule has 1 N–H and O–H groups in total. The van der Waals surface area contributed by atoms with E-state index in [2.05, 4.69) is 21.2 Å². The molecule has 1 fully saturated rings. The fourth-order valence-electron chi connectivity index (χ4n) is 3.42. The molecule has 2 amide bonds. The second-order valence-corrected chi connectivity index (χ2v) is 8.23. The topological polar surface area (TPSA) is 58.6 Å². The van der Waals surface area contributed by atoms with Crippen LogP contribution < -0.4 is 15.0 Å². The lowest BCUT2D eigenvalue weighted by Crippen LogP contribution is -2.28. The van der Waals surface area contributed by atoms with E-state index in [1.165, 1.54) is 0 Å². The number of benzene rings is 3. The molecule has 6 heteroatoms. The van der Waals surface area contributed by atoms with Gasteiger partial charge >= 0.3 is 0 Å². The average molecular weight is 465 g/mol. The highest BCUT2D eigenvalue weighted by Gasteiger charge is 2.35. The molecular weight excluding hydrogens is 444 g/mol. The van der Waals surface area contributed by atoms with E-state index in [0.717, 1.165) is 21.5 Å². The summed E-state index contributed by atoms with van der Waals surface area (Å²) in [6, 6.07) is 22.5. The first kappa shape index (κ1) is 20.2. The van der Waals surface area contributed by atoms with Crippen molar-refractivity contribution in [2.24, 2.45) is 5.92 Å². The fourth-order valence-corrected chi connectivity index (χ4v) is 3.68. The number of hydrogen-bond acceptors (Lipinski definition) is 3. The molecule has 1 atom stereocenters. The number of hydrogen-bond donors (Lipinski definition) is 1. The first-order valence-electron chi connectivity index (χ1n) is 9.69. The Kier molecular flexibility index (Phi) is 5.86. The maximum absolute atomic E-state index is 12.7. The predicted molar refractivity (Wildman–Crippen MR) is 121 cm³/mol. The Morgan fingerprint density at radius 3 is 2.47 bits per heavy atom. The number of carbonyl (C=O) groups excluding carboxylic acids is 2. The number of anilines is 2. The molecule has 0 aromatic heterocycles. The Balaban J connectivity index is 1.37. The van der Waals surface area contributed by atoms with Crippen molar-refractivity contribution >= 4 is 39.1 Å². The van der Waals surface area contributed by atoms with Gasteiger partial charge in [-0.15, -0.1) is 0 Å². The Morgan fingerprint density at radius 2 is 1.77 bits per heavy atom. The van der Waals surface area contributed by atoms with Gasteiger partial charge < -0.3 is 15.0 Å². The summed E-state index contributed by atoms with van der Waals surface area (Å²) >= 11 is 3.39. The molecule has 152 valence electrons. The molecular formula is C24H21BrN2O3. The van der Waals surface area contributed by atoms with Gasteiger partial charge in [0.05, 0.1) is 5.92 Å². The largest absolute Gasteiger partial charge is 0.457 e. The Morgan fingerprint density at radius 1 is 1.03 bits per heavy atom. The van der Waals surface area contributed by atoms with Crippen LogP contribution in [0.5, 0.6) is 11.5 Å². The molecule has 30 heavy (non-hydrogen) atoms. The van der Waals surface area contributed by atoms with Crippen molar-refractivity contribution in [3.63, 3.8) is 0 Å². The summed E-state index contributed by atoms with van der Waals surface area (Å²) in [6.07, 6.45) is 0.205. The first-order valence-corrected chi connectivity index (χ1v) is 10.5. The van der Waals surface area contributed by atoms with Gasteiger partial charge in [-0.25, -0.2) is 0 Å². The van der Waals surface area contributed by atoms with E-state index in [4.69, 9.17) is 4.74 Å². The third kappa shape index (κ3) is 4.71. The number of rotatable bonds is 5. The molecule has 4 rings (SSSR count). The molecule has 0 aliphatic carbocycles. The van der Waals surface area contributed by atoms with E-state index in [1.54, 1.807) is 17.0 Å². The van der Waals surface area contributed by atoms with E-state index >= 15 is 0 Å². The van der Waals surface area contributed by atoms with Gasteiger partial charge in [-0.2, -0.15) is 0 Å². The fraction of sp³-hybridized carbons (Fsp3) is 0.167. The molecule has 1 heterocycles. The Hall–Kier alpha value is -3.12. The molecule has 0 spiro atoms. The molecule has 3 aromatic carbocycles. The van der Waals surface area contributed by atoms with Crippen LogP contribution in [0.3, 0.4) is 0 Å².